The molecule has 0 atom stereocenters. The molecule has 0 radical (unpaired) electrons. The van der Waals surface area contributed by atoms with Crippen LogP contribution in [0.15, 0.2) is 24.7 Å². The molecule has 21 heavy (non-hydrogen) atoms. The second kappa shape index (κ2) is 4.93. The van der Waals surface area contributed by atoms with Crippen molar-refractivity contribution in [2.45, 2.75) is 13.8 Å². The van der Waals surface area contributed by atoms with Crippen LogP contribution in [0.4, 0.5) is 0 Å². The molecule has 0 spiro atoms. The van der Waals surface area contributed by atoms with Gasteiger partial charge < -0.3 is 0 Å². The number of aldehydes is 1. The molecule has 0 fully saturated rings. The predicted octanol–water partition coefficient (Wildman–Crippen LogP) is 1.49. The van der Waals surface area contributed by atoms with Gasteiger partial charge in [0.05, 0.1) is 11.3 Å². The van der Waals surface area contributed by atoms with Gasteiger partial charge in [-0.25, -0.2) is 14.6 Å². The quantitative estimate of drug-likeness (QED) is 0.680. The molecule has 3 heterocycles. The summed E-state index contributed by atoms with van der Waals surface area (Å²) in [6.07, 6.45) is 5.67. The van der Waals surface area contributed by atoms with Crippen molar-refractivity contribution in [2.24, 2.45) is 7.05 Å². The summed E-state index contributed by atoms with van der Waals surface area (Å²) < 4.78 is 3.28. The van der Waals surface area contributed by atoms with E-state index in [-0.39, 0.29) is 0 Å². The maximum absolute atomic E-state index is 11.4. The minimum Gasteiger partial charge on any atom is -0.298 e. The van der Waals surface area contributed by atoms with E-state index < -0.39 is 0 Å². The molecule has 0 bridgehead atoms. The predicted molar refractivity (Wildman–Crippen MR) is 76.2 cm³/mol. The summed E-state index contributed by atoms with van der Waals surface area (Å²) in [5.41, 5.74) is 3.74. The Morgan fingerprint density at radius 2 is 1.86 bits per heavy atom. The summed E-state index contributed by atoms with van der Waals surface area (Å²) in [6, 6.07) is 1.73. The minimum absolute atomic E-state index is 0.422. The Morgan fingerprint density at radius 1 is 1.14 bits per heavy atom. The molecule has 7 heteroatoms. The molecule has 0 saturated heterocycles. The minimum atomic E-state index is 0.422. The molecule has 0 aromatic carbocycles. The second-order valence-electron chi connectivity index (χ2n) is 4.71. The number of aryl methyl sites for hydroxylation is 2. The van der Waals surface area contributed by atoms with Crippen LogP contribution in [0.3, 0.4) is 0 Å². The maximum Gasteiger partial charge on any atom is 0.250 e. The Labute approximate surface area is 121 Å². The molecule has 0 aliphatic carbocycles. The molecule has 0 aliphatic rings. The second-order valence-corrected chi connectivity index (χ2v) is 4.71. The molecule has 3 aromatic heterocycles. The molecule has 3 aromatic rings. The molecule has 0 saturated carbocycles. The van der Waals surface area contributed by atoms with Crippen LogP contribution in [0.1, 0.15) is 21.7 Å². The number of aromatic nitrogens is 6. The first-order valence-electron chi connectivity index (χ1n) is 6.44. The average molecular weight is 282 g/mol. The van der Waals surface area contributed by atoms with E-state index >= 15 is 0 Å². The smallest absolute Gasteiger partial charge is 0.250 e. The third-order valence-electron chi connectivity index (χ3n) is 3.37. The van der Waals surface area contributed by atoms with E-state index in [1.165, 1.54) is 4.68 Å². The van der Waals surface area contributed by atoms with Gasteiger partial charge in [0.2, 0.25) is 5.95 Å². The molecular formula is C14H14N6O. The zero-order chi connectivity index (χ0) is 15.0. The van der Waals surface area contributed by atoms with Crippen molar-refractivity contribution in [3.05, 3.63) is 41.6 Å². The largest absolute Gasteiger partial charge is 0.298 e. The fourth-order valence-corrected chi connectivity index (χ4v) is 2.30. The summed E-state index contributed by atoms with van der Waals surface area (Å²) in [5.74, 6) is 0.422. The zero-order valence-electron chi connectivity index (χ0n) is 12.0. The lowest BCUT2D eigenvalue weighted by Gasteiger charge is -1.99. The Morgan fingerprint density at radius 3 is 2.43 bits per heavy atom. The highest BCUT2D eigenvalue weighted by Crippen LogP contribution is 2.27. The van der Waals surface area contributed by atoms with Gasteiger partial charge in [0, 0.05) is 36.9 Å². The first kappa shape index (κ1) is 13.2. The highest BCUT2D eigenvalue weighted by molar-refractivity contribution is 5.86. The van der Waals surface area contributed by atoms with Crippen molar-refractivity contribution in [3.63, 3.8) is 0 Å². The number of hydrogen-bond acceptors (Lipinski definition) is 5. The van der Waals surface area contributed by atoms with Crippen LogP contribution < -0.4 is 0 Å². The number of carbonyl (C=O) groups excluding carboxylic acids is 1. The van der Waals surface area contributed by atoms with Crippen molar-refractivity contribution in [3.8, 4) is 17.2 Å². The Balaban J connectivity index is 2.20. The van der Waals surface area contributed by atoms with Crippen molar-refractivity contribution < 1.29 is 4.79 Å². The van der Waals surface area contributed by atoms with Gasteiger partial charge in [-0.15, -0.1) is 0 Å². The molecular weight excluding hydrogens is 268 g/mol. The number of hydrogen-bond donors (Lipinski definition) is 0. The van der Waals surface area contributed by atoms with E-state index in [0.29, 0.717) is 17.2 Å². The summed E-state index contributed by atoms with van der Waals surface area (Å²) >= 11 is 0. The third-order valence-corrected chi connectivity index (χ3v) is 3.37. The fourth-order valence-electron chi connectivity index (χ4n) is 2.30. The highest BCUT2D eigenvalue weighted by atomic mass is 16.1. The molecule has 0 N–H and O–H groups in total. The van der Waals surface area contributed by atoms with Crippen LogP contribution in [0, 0.1) is 13.8 Å². The Kier molecular flexibility index (Phi) is 3.09. The third kappa shape index (κ3) is 2.12. The molecule has 3 rings (SSSR count). The van der Waals surface area contributed by atoms with Crippen molar-refractivity contribution in [1.29, 1.82) is 0 Å². The fraction of sp³-hybridized carbons (Fsp3) is 0.214. The van der Waals surface area contributed by atoms with E-state index in [1.54, 1.807) is 29.3 Å². The van der Waals surface area contributed by atoms with Crippen molar-refractivity contribution in [2.75, 3.05) is 0 Å². The Bertz CT molecular complexity index is 802. The van der Waals surface area contributed by atoms with Gasteiger partial charge >= 0.3 is 0 Å². The first-order valence-corrected chi connectivity index (χ1v) is 6.44. The molecule has 0 unspecified atom stereocenters. The normalized spacial score (nSPS) is 10.8. The molecule has 106 valence electrons. The van der Waals surface area contributed by atoms with Gasteiger partial charge in [-0.3, -0.25) is 9.48 Å². The molecule has 7 nitrogen and oxygen atoms in total. The van der Waals surface area contributed by atoms with Gasteiger partial charge in [-0.2, -0.15) is 10.2 Å². The SMILES string of the molecule is Cc1nn(C)c(C)c1-c1nn(-c2ncccn2)cc1C=O. The first-order chi connectivity index (χ1) is 10.1. The number of nitrogens with zero attached hydrogens (tertiary/aromatic N) is 6. The van der Waals surface area contributed by atoms with Crippen LogP contribution in [0.25, 0.3) is 17.2 Å². The summed E-state index contributed by atoms with van der Waals surface area (Å²) in [5, 5.41) is 8.83. The van der Waals surface area contributed by atoms with E-state index in [2.05, 4.69) is 20.2 Å². The van der Waals surface area contributed by atoms with Crippen LogP contribution in [-0.2, 0) is 7.05 Å². The van der Waals surface area contributed by atoms with E-state index in [0.717, 1.165) is 23.2 Å². The van der Waals surface area contributed by atoms with Gasteiger partial charge in [0.25, 0.3) is 0 Å². The van der Waals surface area contributed by atoms with E-state index in [4.69, 9.17) is 0 Å². The highest BCUT2D eigenvalue weighted by Gasteiger charge is 2.19. The van der Waals surface area contributed by atoms with Gasteiger partial charge in [0.1, 0.15) is 5.69 Å². The van der Waals surface area contributed by atoms with Crippen molar-refractivity contribution in [1.82, 2.24) is 29.5 Å². The van der Waals surface area contributed by atoms with E-state index in [9.17, 15) is 4.79 Å². The lowest BCUT2D eigenvalue weighted by Crippen LogP contribution is -2.00. The lowest BCUT2D eigenvalue weighted by molar-refractivity contribution is 0.112. The van der Waals surface area contributed by atoms with Crippen molar-refractivity contribution >= 4 is 6.29 Å². The number of carbonyl (C=O) groups is 1. The Hall–Kier alpha value is -2.83. The summed E-state index contributed by atoms with van der Waals surface area (Å²) in [7, 11) is 1.86. The molecule has 0 amide bonds. The zero-order valence-corrected chi connectivity index (χ0v) is 12.0. The van der Waals surface area contributed by atoms with Gasteiger partial charge in [-0.05, 0) is 19.9 Å². The van der Waals surface area contributed by atoms with Gasteiger partial charge in [-0.1, -0.05) is 0 Å². The average Bonchev–Trinajstić information content (AvgIpc) is 3.01. The van der Waals surface area contributed by atoms with Crippen LogP contribution in [0.2, 0.25) is 0 Å². The lowest BCUT2D eigenvalue weighted by atomic mass is 10.1. The van der Waals surface area contributed by atoms with Crippen LogP contribution in [-0.4, -0.2) is 35.8 Å². The summed E-state index contributed by atoms with van der Waals surface area (Å²) in [4.78, 5) is 19.6. The van der Waals surface area contributed by atoms with E-state index in [1.807, 2.05) is 20.9 Å². The summed E-state index contributed by atoms with van der Waals surface area (Å²) in [6.45, 7) is 3.84. The molecule has 0 aliphatic heterocycles. The standard InChI is InChI=1S/C14H14N6O/c1-9-12(10(2)19(3)17-9)13-11(8-21)7-20(18-13)14-15-5-4-6-16-14/h4-8H,1-3H3. The topological polar surface area (TPSA) is 78.5 Å². The van der Waals surface area contributed by atoms with Gasteiger partial charge in [0.15, 0.2) is 6.29 Å². The number of rotatable bonds is 3. The van der Waals surface area contributed by atoms with Crippen LogP contribution >= 0.6 is 0 Å². The van der Waals surface area contributed by atoms with Crippen LogP contribution in [0.5, 0.6) is 0 Å². The monoisotopic (exact) mass is 282 g/mol. The maximum atomic E-state index is 11.4.